The molecule has 1 amide bonds. The molecule has 5 nitrogen and oxygen atoms in total. The van der Waals surface area contributed by atoms with Gasteiger partial charge in [0, 0.05) is 34.7 Å². The molecule has 1 aliphatic rings. The summed E-state index contributed by atoms with van der Waals surface area (Å²) in [6.45, 7) is 6.50. The van der Waals surface area contributed by atoms with Crippen molar-refractivity contribution in [1.29, 1.82) is 0 Å². The van der Waals surface area contributed by atoms with Gasteiger partial charge in [0.05, 0.1) is 5.41 Å². The van der Waals surface area contributed by atoms with Gasteiger partial charge in [-0.2, -0.15) is 0 Å². The van der Waals surface area contributed by atoms with Gasteiger partial charge >= 0.3 is 0 Å². The van der Waals surface area contributed by atoms with E-state index in [-0.39, 0.29) is 22.8 Å². The molecule has 2 N–H and O–H groups in total. The number of aromatic amines is 1. The van der Waals surface area contributed by atoms with E-state index in [0.717, 1.165) is 40.7 Å². The summed E-state index contributed by atoms with van der Waals surface area (Å²) in [5.41, 5.74) is 3.26. The number of anilines is 1. The highest BCUT2D eigenvalue weighted by molar-refractivity contribution is 6.09. The number of carbonyl (C=O) groups is 1. The van der Waals surface area contributed by atoms with Crippen molar-refractivity contribution in [1.82, 2.24) is 4.98 Å². The summed E-state index contributed by atoms with van der Waals surface area (Å²) in [7, 11) is 1.80. The molecule has 0 atom stereocenters. The lowest BCUT2D eigenvalue weighted by Gasteiger charge is -2.24. The molecule has 1 saturated carbocycles. The Morgan fingerprint density at radius 2 is 1.90 bits per heavy atom. The maximum atomic E-state index is 13.4. The number of H-pyrrole nitrogens is 1. The number of benzene rings is 2. The molecule has 3 aromatic rings. The SMILES string of the molecule is CN(C(=O)C1(c2ccc(OCl)c(O)c2)CC1)c1ccc2[nH]c(C(C)(C)C)cc2c1. The number of aromatic hydroxyl groups is 1. The number of phenolic OH excluding ortho intramolecular Hbond substituents is 1. The number of fused-ring (bicyclic) bond motifs is 1. The third-order valence-corrected chi connectivity index (χ3v) is 6.02. The maximum Gasteiger partial charge on any atom is 0.237 e. The van der Waals surface area contributed by atoms with Crippen molar-refractivity contribution in [3.05, 3.63) is 53.7 Å². The third-order valence-electron chi connectivity index (χ3n) is 5.86. The van der Waals surface area contributed by atoms with E-state index in [1.165, 1.54) is 0 Å². The summed E-state index contributed by atoms with van der Waals surface area (Å²) in [5, 5.41) is 11.2. The van der Waals surface area contributed by atoms with Gasteiger partial charge in [-0.25, -0.2) is 0 Å². The number of likely N-dealkylation sites (N-methyl/N-ethyl adjacent to an activating group) is 1. The number of halogens is 1. The monoisotopic (exact) mass is 412 g/mol. The minimum atomic E-state index is -0.610. The van der Waals surface area contributed by atoms with Crippen LogP contribution in [0.15, 0.2) is 42.5 Å². The Morgan fingerprint density at radius 3 is 2.48 bits per heavy atom. The van der Waals surface area contributed by atoms with Gasteiger partial charge in [0.15, 0.2) is 11.5 Å². The predicted octanol–water partition coefficient (Wildman–Crippen LogP) is 5.40. The number of hydrogen-bond donors (Lipinski definition) is 2. The van der Waals surface area contributed by atoms with E-state index >= 15 is 0 Å². The van der Waals surface area contributed by atoms with Crippen LogP contribution >= 0.6 is 11.9 Å². The van der Waals surface area contributed by atoms with Crippen LogP contribution in [0.1, 0.15) is 44.9 Å². The lowest BCUT2D eigenvalue weighted by atomic mass is 9.92. The van der Waals surface area contributed by atoms with Crippen LogP contribution in [0.2, 0.25) is 0 Å². The molecule has 1 heterocycles. The zero-order chi connectivity index (χ0) is 21.0. The second-order valence-electron chi connectivity index (χ2n) is 8.91. The highest BCUT2D eigenvalue weighted by atomic mass is 35.5. The van der Waals surface area contributed by atoms with E-state index in [2.05, 4.69) is 36.1 Å². The molecule has 1 aromatic heterocycles. The van der Waals surface area contributed by atoms with Crippen LogP contribution in [-0.4, -0.2) is 23.0 Å². The third kappa shape index (κ3) is 3.33. The molecule has 1 aliphatic carbocycles. The molecule has 29 heavy (non-hydrogen) atoms. The molecule has 0 aliphatic heterocycles. The Balaban J connectivity index is 1.64. The smallest absolute Gasteiger partial charge is 0.237 e. The molecule has 0 bridgehead atoms. The van der Waals surface area contributed by atoms with E-state index in [4.69, 9.17) is 11.9 Å². The first kappa shape index (κ1) is 19.6. The fourth-order valence-corrected chi connectivity index (χ4v) is 3.93. The molecule has 0 unspecified atom stereocenters. The second-order valence-corrected chi connectivity index (χ2v) is 9.06. The van der Waals surface area contributed by atoms with Gasteiger partial charge in [-0.1, -0.05) is 26.8 Å². The van der Waals surface area contributed by atoms with Crippen molar-refractivity contribution >= 4 is 34.4 Å². The van der Waals surface area contributed by atoms with Crippen LogP contribution < -0.4 is 9.19 Å². The van der Waals surface area contributed by atoms with E-state index in [9.17, 15) is 9.90 Å². The highest BCUT2D eigenvalue weighted by Gasteiger charge is 2.53. The first-order valence-corrected chi connectivity index (χ1v) is 10.00. The number of rotatable bonds is 4. The van der Waals surface area contributed by atoms with Crippen LogP contribution in [0.25, 0.3) is 10.9 Å². The van der Waals surface area contributed by atoms with Crippen molar-refractivity contribution in [3.63, 3.8) is 0 Å². The van der Waals surface area contributed by atoms with E-state index < -0.39 is 5.41 Å². The van der Waals surface area contributed by atoms with Gasteiger partial charge in [0.2, 0.25) is 5.91 Å². The quantitative estimate of drug-likeness (QED) is 0.603. The zero-order valence-electron chi connectivity index (χ0n) is 17.0. The van der Waals surface area contributed by atoms with Crippen molar-refractivity contribution in [3.8, 4) is 11.5 Å². The minimum absolute atomic E-state index is 0.0161. The van der Waals surface area contributed by atoms with Gasteiger partial charge in [-0.05, 0) is 54.8 Å². The number of phenols is 1. The van der Waals surface area contributed by atoms with Gasteiger partial charge in [0.25, 0.3) is 0 Å². The largest absolute Gasteiger partial charge is 0.504 e. The Kier molecular flexibility index (Phi) is 4.54. The van der Waals surface area contributed by atoms with Crippen molar-refractivity contribution in [2.45, 2.75) is 44.4 Å². The van der Waals surface area contributed by atoms with Gasteiger partial charge in [0.1, 0.15) is 11.9 Å². The van der Waals surface area contributed by atoms with Crippen LogP contribution in [-0.2, 0) is 15.6 Å². The summed E-state index contributed by atoms with van der Waals surface area (Å²) >= 11 is 5.35. The molecule has 2 aromatic carbocycles. The number of carbonyl (C=O) groups excluding carboxylic acids is 1. The maximum absolute atomic E-state index is 13.4. The first-order valence-electron chi connectivity index (χ1n) is 9.69. The summed E-state index contributed by atoms with van der Waals surface area (Å²) in [6.07, 6.45) is 1.49. The lowest BCUT2D eigenvalue weighted by molar-refractivity contribution is -0.120. The molecular formula is C23H25ClN2O3. The number of nitrogens with zero attached hydrogens (tertiary/aromatic N) is 1. The van der Waals surface area contributed by atoms with Gasteiger partial charge in [-0.15, -0.1) is 0 Å². The standard InChI is InChI=1S/C23H25ClN2O3/c1-22(2,3)20-12-14-11-16(6-7-17(14)25-20)26(4)21(28)23(9-10-23)15-5-8-19(29-24)18(27)13-15/h5-8,11-13,25,27H,9-10H2,1-4H3. The van der Waals surface area contributed by atoms with E-state index in [1.54, 1.807) is 30.1 Å². The van der Waals surface area contributed by atoms with E-state index in [0.29, 0.717) is 0 Å². The van der Waals surface area contributed by atoms with Crippen LogP contribution in [0.4, 0.5) is 5.69 Å². The van der Waals surface area contributed by atoms with Crippen molar-refractivity contribution in [2.24, 2.45) is 0 Å². The minimum Gasteiger partial charge on any atom is -0.504 e. The van der Waals surface area contributed by atoms with Crippen molar-refractivity contribution in [2.75, 3.05) is 11.9 Å². The molecule has 6 heteroatoms. The van der Waals surface area contributed by atoms with Crippen molar-refractivity contribution < 1.29 is 14.2 Å². The molecular weight excluding hydrogens is 388 g/mol. The first-order chi connectivity index (χ1) is 13.7. The summed E-state index contributed by atoms with van der Waals surface area (Å²) in [4.78, 5) is 18.5. The van der Waals surface area contributed by atoms with Gasteiger partial charge < -0.3 is 19.3 Å². The predicted molar refractivity (Wildman–Crippen MR) is 116 cm³/mol. The molecule has 152 valence electrons. The topological polar surface area (TPSA) is 65.6 Å². The summed E-state index contributed by atoms with van der Waals surface area (Å²) in [5.74, 6) is 0.129. The van der Waals surface area contributed by atoms with E-state index in [1.807, 2.05) is 18.2 Å². The Bertz CT molecular complexity index is 1090. The van der Waals surface area contributed by atoms with Gasteiger partial charge in [-0.3, -0.25) is 4.79 Å². The zero-order valence-corrected chi connectivity index (χ0v) is 17.8. The van der Waals surface area contributed by atoms with Crippen LogP contribution in [0, 0.1) is 0 Å². The fraction of sp³-hybridized carbons (Fsp3) is 0.348. The normalized spacial score (nSPS) is 15.3. The number of aromatic nitrogens is 1. The molecule has 0 saturated heterocycles. The fourth-order valence-electron chi connectivity index (χ4n) is 3.80. The average molecular weight is 413 g/mol. The number of amides is 1. The summed E-state index contributed by atoms with van der Waals surface area (Å²) < 4.78 is 4.60. The molecule has 1 fully saturated rings. The molecule has 4 rings (SSSR count). The van der Waals surface area contributed by atoms with Crippen LogP contribution in [0.5, 0.6) is 11.5 Å². The second kappa shape index (κ2) is 6.70. The number of hydrogen-bond acceptors (Lipinski definition) is 3. The Hall–Kier alpha value is -2.66. The Morgan fingerprint density at radius 1 is 1.17 bits per heavy atom. The average Bonchev–Trinajstić information content (AvgIpc) is 3.37. The molecule has 0 radical (unpaired) electrons. The summed E-state index contributed by atoms with van der Waals surface area (Å²) in [6, 6.07) is 13.1. The highest BCUT2D eigenvalue weighted by Crippen LogP contribution is 2.51. The molecule has 0 spiro atoms. The Labute approximate surface area is 175 Å². The van der Waals surface area contributed by atoms with Crippen LogP contribution in [0.3, 0.4) is 0 Å². The lowest BCUT2D eigenvalue weighted by Crippen LogP contribution is -2.36. The number of nitrogens with one attached hydrogen (secondary N) is 1.